The van der Waals surface area contributed by atoms with Crippen molar-refractivity contribution in [2.24, 2.45) is 10.9 Å². The highest BCUT2D eigenvalue weighted by atomic mass is 16.2. The fourth-order valence-electron chi connectivity index (χ4n) is 4.21. The maximum atomic E-state index is 12.2. The predicted molar refractivity (Wildman–Crippen MR) is 137 cm³/mol. The Morgan fingerprint density at radius 1 is 1.06 bits per heavy atom. The van der Waals surface area contributed by atoms with Crippen LogP contribution in [0.4, 0.5) is 0 Å². The Hall–Kier alpha value is -2.86. The number of likely N-dealkylation sites (tertiary alicyclic amines) is 1. The summed E-state index contributed by atoms with van der Waals surface area (Å²) in [6.07, 6.45) is 3.26. The first-order chi connectivity index (χ1) is 15.9. The summed E-state index contributed by atoms with van der Waals surface area (Å²) in [4.78, 5) is 20.7. The van der Waals surface area contributed by atoms with Crippen LogP contribution in [0.5, 0.6) is 0 Å². The molecule has 2 N–H and O–H groups in total. The van der Waals surface area contributed by atoms with Crippen LogP contribution >= 0.6 is 0 Å². The molecule has 0 bridgehead atoms. The first kappa shape index (κ1) is 24.8. The van der Waals surface area contributed by atoms with Crippen LogP contribution in [0.2, 0.25) is 0 Å². The normalized spacial score (nSPS) is 15.3. The van der Waals surface area contributed by atoms with E-state index >= 15 is 0 Å². The molecule has 6 nitrogen and oxygen atoms in total. The van der Waals surface area contributed by atoms with Crippen molar-refractivity contribution in [1.29, 1.82) is 0 Å². The molecule has 33 heavy (non-hydrogen) atoms. The number of carbonyl (C=O) groups excluding carboxylic acids is 1. The van der Waals surface area contributed by atoms with Crippen LogP contribution in [0, 0.1) is 12.8 Å². The Kier molecular flexibility index (Phi) is 9.31. The number of hydrogen-bond donors (Lipinski definition) is 2. The van der Waals surface area contributed by atoms with Crippen LogP contribution in [-0.4, -0.2) is 69.0 Å². The number of nitrogens with one attached hydrogen (secondary N) is 2. The summed E-state index contributed by atoms with van der Waals surface area (Å²) in [6, 6.07) is 16.7. The minimum absolute atomic E-state index is 0.0344. The predicted octanol–water partition coefficient (Wildman–Crippen LogP) is 3.32. The van der Waals surface area contributed by atoms with Crippen LogP contribution in [-0.2, 0) is 13.0 Å². The Labute approximate surface area is 199 Å². The van der Waals surface area contributed by atoms with E-state index in [2.05, 4.69) is 57.8 Å². The van der Waals surface area contributed by atoms with Crippen LogP contribution in [0.3, 0.4) is 0 Å². The highest BCUT2D eigenvalue weighted by Crippen LogP contribution is 2.18. The van der Waals surface area contributed by atoms with Gasteiger partial charge < -0.3 is 15.5 Å². The number of rotatable bonds is 8. The lowest BCUT2D eigenvalue weighted by atomic mass is 9.96. The van der Waals surface area contributed by atoms with Crippen LogP contribution in [0.15, 0.2) is 53.5 Å². The summed E-state index contributed by atoms with van der Waals surface area (Å²) >= 11 is 0. The number of aliphatic imine (C=N–C) groups is 1. The summed E-state index contributed by atoms with van der Waals surface area (Å²) < 4.78 is 0. The van der Waals surface area contributed by atoms with E-state index in [9.17, 15) is 4.79 Å². The monoisotopic (exact) mass is 449 g/mol. The largest absolute Gasteiger partial charge is 0.356 e. The standard InChI is InChI=1S/C27H39N5O/c1-21-8-10-24(11-9-21)20-32-16-13-23(14-17-32)19-30-27(28-2)29-15-12-22-6-5-7-25(18-22)26(33)31(3)4/h5-11,18,23H,12-17,19-20H2,1-4H3,(H2,28,29,30). The van der Waals surface area contributed by atoms with Gasteiger partial charge in [0, 0.05) is 46.3 Å². The summed E-state index contributed by atoms with van der Waals surface area (Å²) in [5.74, 6) is 1.55. The molecule has 1 heterocycles. The van der Waals surface area contributed by atoms with Crippen molar-refractivity contribution in [3.05, 3.63) is 70.8 Å². The lowest BCUT2D eigenvalue weighted by Crippen LogP contribution is -2.43. The molecule has 1 amide bonds. The van der Waals surface area contributed by atoms with Gasteiger partial charge in [-0.2, -0.15) is 0 Å². The van der Waals surface area contributed by atoms with E-state index in [-0.39, 0.29) is 5.91 Å². The van der Waals surface area contributed by atoms with Crippen molar-refractivity contribution >= 4 is 11.9 Å². The molecule has 2 aromatic carbocycles. The summed E-state index contributed by atoms with van der Waals surface area (Å²) in [5, 5.41) is 6.91. The van der Waals surface area contributed by atoms with Gasteiger partial charge in [0.15, 0.2) is 5.96 Å². The molecule has 0 radical (unpaired) electrons. The quantitative estimate of drug-likeness (QED) is 0.480. The molecule has 178 valence electrons. The lowest BCUT2D eigenvalue weighted by molar-refractivity contribution is 0.0827. The van der Waals surface area contributed by atoms with Crippen molar-refractivity contribution in [3.63, 3.8) is 0 Å². The summed E-state index contributed by atoms with van der Waals surface area (Å²) in [7, 11) is 5.37. The molecule has 0 spiro atoms. The molecule has 0 unspecified atom stereocenters. The number of nitrogens with zero attached hydrogens (tertiary/aromatic N) is 3. The van der Waals surface area contributed by atoms with Gasteiger partial charge in [-0.15, -0.1) is 0 Å². The second-order valence-electron chi connectivity index (χ2n) is 9.23. The van der Waals surface area contributed by atoms with Gasteiger partial charge in [-0.25, -0.2) is 0 Å². The van der Waals surface area contributed by atoms with Gasteiger partial charge in [-0.3, -0.25) is 14.7 Å². The molecular weight excluding hydrogens is 410 g/mol. The Balaban J connectivity index is 1.36. The minimum Gasteiger partial charge on any atom is -0.356 e. The number of amides is 1. The van der Waals surface area contributed by atoms with Gasteiger partial charge in [0.1, 0.15) is 0 Å². The topological polar surface area (TPSA) is 60.0 Å². The number of aryl methyl sites for hydroxylation is 1. The van der Waals surface area contributed by atoms with E-state index in [0.717, 1.165) is 56.2 Å². The van der Waals surface area contributed by atoms with E-state index in [1.54, 1.807) is 19.0 Å². The highest BCUT2D eigenvalue weighted by molar-refractivity contribution is 5.94. The first-order valence-corrected chi connectivity index (χ1v) is 12.0. The minimum atomic E-state index is 0.0344. The number of carbonyl (C=O) groups is 1. The maximum absolute atomic E-state index is 12.2. The Morgan fingerprint density at radius 3 is 2.45 bits per heavy atom. The van der Waals surface area contributed by atoms with E-state index in [1.165, 1.54) is 24.0 Å². The van der Waals surface area contributed by atoms with E-state index in [4.69, 9.17) is 0 Å². The number of benzene rings is 2. The molecular formula is C27H39N5O. The molecule has 1 aliphatic heterocycles. The van der Waals surface area contributed by atoms with Gasteiger partial charge in [0.2, 0.25) is 0 Å². The third kappa shape index (κ3) is 7.90. The molecule has 1 saturated heterocycles. The van der Waals surface area contributed by atoms with E-state index in [0.29, 0.717) is 5.92 Å². The van der Waals surface area contributed by atoms with Crippen LogP contribution in [0.25, 0.3) is 0 Å². The average Bonchev–Trinajstić information content (AvgIpc) is 2.83. The maximum Gasteiger partial charge on any atom is 0.253 e. The zero-order valence-corrected chi connectivity index (χ0v) is 20.6. The van der Waals surface area contributed by atoms with Gasteiger partial charge in [0.25, 0.3) is 5.91 Å². The van der Waals surface area contributed by atoms with Crippen LogP contribution in [0.1, 0.15) is 39.9 Å². The van der Waals surface area contributed by atoms with Crippen LogP contribution < -0.4 is 10.6 Å². The fourth-order valence-corrected chi connectivity index (χ4v) is 4.21. The third-order valence-electron chi connectivity index (χ3n) is 6.30. The average molecular weight is 450 g/mol. The summed E-state index contributed by atoms with van der Waals surface area (Å²) in [5.41, 5.74) is 4.59. The SMILES string of the molecule is CN=C(NCCc1cccc(C(=O)N(C)C)c1)NCC1CCN(Cc2ccc(C)cc2)CC1. The molecule has 2 aromatic rings. The molecule has 3 rings (SSSR count). The van der Waals surface area contributed by atoms with Crippen molar-refractivity contribution in [1.82, 2.24) is 20.4 Å². The van der Waals surface area contributed by atoms with Crippen molar-refractivity contribution in [3.8, 4) is 0 Å². The number of guanidine groups is 1. The molecule has 0 aromatic heterocycles. The summed E-state index contributed by atoms with van der Waals surface area (Å²) in [6.45, 7) is 7.20. The zero-order chi connectivity index (χ0) is 23.6. The molecule has 0 saturated carbocycles. The highest BCUT2D eigenvalue weighted by Gasteiger charge is 2.19. The second kappa shape index (κ2) is 12.4. The number of piperidine rings is 1. The smallest absolute Gasteiger partial charge is 0.253 e. The van der Waals surface area contributed by atoms with Crippen molar-refractivity contribution in [2.75, 3.05) is 47.3 Å². The second-order valence-corrected chi connectivity index (χ2v) is 9.23. The molecule has 1 fully saturated rings. The third-order valence-corrected chi connectivity index (χ3v) is 6.30. The van der Waals surface area contributed by atoms with Crippen molar-refractivity contribution < 1.29 is 4.79 Å². The molecule has 1 aliphatic rings. The Morgan fingerprint density at radius 2 is 1.79 bits per heavy atom. The first-order valence-electron chi connectivity index (χ1n) is 12.0. The van der Waals surface area contributed by atoms with E-state index < -0.39 is 0 Å². The fraction of sp³-hybridized carbons (Fsp3) is 0.481. The number of hydrogen-bond acceptors (Lipinski definition) is 3. The molecule has 0 aliphatic carbocycles. The molecule has 6 heteroatoms. The van der Waals surface area contributed by atoms with Gasteiger partial charge in [-0.1, -0.05) is 42.0 Å². The van der Waals surface area contributed by atoms with Gasteiger partial charge in [-0.05, 0) is 68.5 Å². The molecule has 0 atom stereocenters. The Bertz CT molecular complexity index is 914. The lowest BCUT2D eigenvalue weighted by Gasteiger charge is -2.32. The van der Waals surface area contributed by atoms with Gasteiger partial charge in [0.05, 0.1) is 0 Å². The van der Waals surface area contributed by atoms with Crippen molar-refractivity contribution in [2.45, 2.75) is 32.7 Å². The van der Waals surface area contributed by atoms with Gasteiger partial charge >= 0.3 is 0 Å². The van der Waals surface area contributed by atoms with E-state index in [1.807, 2.05) is 25.2 Å². The zero-order valence-electron chi connectivity index (χ0n) is 20.6.